The molecule has 3 N–H and O–H groups in total. The summed E-state index contributed by atoms with van der Waals surface area (Å²) in [7, 11) is 0. The van der Waals surface area contributed by atoms with Crippen LogP contribution in [0.2, 0.25) is 0 Å². The van der Waals surface area contributed by atoms with Crippen LogP contribution in [0.3, 0.4) is 0 Å². The van der Waals surface area contributed by atoms with Gasteiger partial charge in [0.1, 0.15) is 6.23 Å². The first kappa shape index (κ1) is 22.9. The van der Waals surface area contributed by atoms with E-state index in [1.54, 1.807) is 16.2 Å². The van der Waals surface area contributed by atoms with Crippen molar-refractivity contribution in [3.05, 3.63) is 41.0 Å². The molecule has 1 aliphatic rings. The summed E-state index contributed by atoms with van der Waals surface area (Å²) in [6, 6.07) is 7.45. The average molecular weight is 432 g/mol. The van der Waals surface area contributed by atoms with Gasteiger partial charge in [0.15, 0.2) is 0 Å². The molecule has 1 unspecified atom stereocenters. The van der Waals surface area contributed by atoms with Crippen molar-refractivity contribution in [1.82, 2.24) is 15.2 Å². The van der Waals surface area contributed by atoms with E-state index >= 15 is 0 Å². The molecule has 1 fully saturated rings. The van der Waals surface area contributed by atoms with Crippen molar-refractivity contribution < 1.29 is 15.0 Å². The number of aryl methyl sites for hydroxylation is 1. The van der Waals surface area contributed by atoms with E-state index in [-0.39, 0.29) is 17.4 Å². The summed E-state index contributed by atoms with van der Waals surface area (Å²) in [4.78, 5) is 20.2. The summed E-state index contributed by atoms with van der Waals surface area (Å²) in [6.45, 7) is 10.4. The van der Waals surface area contributed by atoms with Crippen LogP contribution >= 0.6 is 11.3 Å². The molecule has 0 radical (unpaired) electrons. The minimum Gasteiger partial charge on any atom is -0.392 e. The minimum atomic E-state index is -0.755. The fourth-order valence-electron chi connectivity index (χ4n) is 3.99. The van der Waals surface area contributed by atoms with Gasteiger partial charge in [-0.1, -0.05) is 45.0 Å². The Morgan fingerprint density at radius 3 is 2.57 bits per heavy atom. The van der Waals surface area contributed by atoms with E-state index in [1.165, 1.54) is 0 Å². The van der Waals surface area contributed by atoms with E-state index in [0.29, 0.717) is 19.4 Å². The van der Waals surface area contributed by atoms with Crippen LogP contribution < -0.4 is 5.32 Å². The Balaban J connectivity index is 1.66. The van der Waals surface area contributed by atoms with Crippen LogP contribution in [0.15, 0.2) is 29.8 Å². The first-order valence-corrected chi connectivity index (χ1v) is 11.4. The molecule has 0 aliphatic carbocycles. The van der Waals surface area contributed by atoms with Crippen LogP contribution in [-0.2, 0) is 4.79 Å². The number of rotatable bonds is 6. The molecule has 6 nitrogen and oxygen atoms in total. The number of thiazole rings is 1. The zero-order valence-corrected chi connectivity index (χ0v) is 19.2. The van der Waals surface area contributed by atoms with Crippen LogP contribution in [0.1, 0.15) is 57.8 Å². The number of carbonyl (C=O) groups is 1. The average Bonchev–Trinajstić information content (AvgIpc) is 3.26. The summed E-state index contributed by atoms with van der Waals surface area (Å²) < 4.78 is 0. The molecule has 3 rings (SSSR count). The smallest absolute Gasteiger partial charge is 0.238 e. The van der Waals surface area contributed by atoms with Crippen LogP contribution in [-0.4, -0.2) is 50.9 Å². The van der Waals surface area contributed by atoms with Gasteiger partial charge in [0.25, 0.3) is 0 Å². The second-order valence-electron chi connectivity index (χ2n) is 9.47. The molecule has 4 atom stereocenters. The number of amides is 1. The second-order valence-corrected chi connectivity index (χ2v) is 10.3. The molecule has 1 aromatic carbocycles. The summed E-state index contributed by atoms with van der Waals surface area (Å²) in [5.41, 5.74) is 4.92. The third kappa shape index (κ3) is 5.46. The number of β-amino-alcohol motifs (C(OH)–C–C–N with tert-alkyl or cyclic N) is 1. The largest absolute Gasteiger partial charge is 0.392 e. The highest BCUT2D eigenvalue weighted by Crippen LogP contribution is 2.30. The molecule has 7 heteroatoms. The first-order chi connectivity index (χ1) is 14.0. The van der Waals surface area contributed by atoms with Gasteiger partial charge < -0.3 is 15.5 Å². The van der Waals surface area contributed by atoms with E-state index in [4.69, 9.17) is 0 Å². The Hall–Kier alpha value is -1.80. The van der Waals surface area contributed by atoms with Crippen molar-refractivity contribution in [3.63, 3.8) is 0 Å². The van der Waals surface area contributed by atoms with Crippen LogP contribution in [0.25, 0.3) is 10.4 Å². The number of carbonyl (C=O) groups excluding carboxylic acids is 1. The lowest BCUT2D eigenvalue weighted by atomic mass is 9.91. The summed E-state index contributed by atoms with van der Waals surface area (Å²) in [5.74, 6) is -0.158. The number of hydrogen-bond acceptors (Lipinski definition) is 6. The van der Waals surface area contributed by atoms with Crippen LogP contribution in [0.5, 0.6) is 0 Å². The zero-order chi connectivity index (χ0) is 22.1. The molecule has 1 aliphatic heterocycles. The third-order valence-corrected chi connectivity index (χ3v) is 6.55. The highest BCUT2D eigenvalue weighted by molar-refractivity contribution is 7.13. The summed E-state index contributed by atoms with van der Waals surface area (Å²) >= 11 is 1.62. The van der Waals surface area contributed by atoms with Gasteiger partial charge in [0.05, 0.1) is 34.3 Å². The molecular formula is C23H33N3O3S. The number of benzene rings is 1. The van der Waals surface area contributed by atoms with E-state index in [0.717, 1.165) is 21.7 Å². The second kappa shape index (κ2) is 9.14. The van der Waals surface area contributed by atoms with E-state index in [1.807, 2.05) is 31.5 Å². The Kier molecular flexibility index (Phi) is 6.97. The number of aliphatic hydroxyl groups excluding tert-OH is 2. The summed E-state index contributed by atoms with van der Waals surface area (Å²) in [5, 5.41) is 23.8. The summed E-state index contributed by atoms with van der Waals surface area (Å²) in [6.07, 6.45) is -0.483. The quantitative estimate of drug-likeness (QED) is 0.652. The van der Waals surface area contributed by atoms with Gasteiger partial charge in [-0.25, -0.2) is 4.98 Å². The standard InChI is InChI=1S/C23H33N3O3S/c1-14(16-6-8-17(9-7-16)21-15(2)24-13-30-21)25-22(29)19-10-18(27)12-26(19)20(28)11-23(3,4)5/h6-9,13-14,18-20,27-28H,10-12H2,1-5H3,(H,25,29)/t14-,18+,19-,20?/m0/s1. The van der Waals surface area contributed by atoms with E-state index < -0.39 is 18.4 Å². The Bertz CT molecular complexity index is 859. The lowest BCUT2D eigenvalue weighted by molar-refractivity contribution is -0.131. The predicted molar refractivity (Wildman–Crippen MR) is 120 cm³/mol. The molecular weight excluding hydrogens is 398 g/mol. The monoisotopic (exact) mass is 431 g/mol. The topological polar surface area (TPSA) is 85.7 Å². The number of nitrogens with one attached hydrogen (secondary N) is 1. The molecule has 0 spiro atoms. The minimum absolute atomic E-state index is 0.0700. The van der Waals surface area contributed by atoms with Gasteiger partial charge in [-0.15, -0.1) is 11.3 Å². The molecule has 1 aromatic heterocycles. The van der Waals surface area contributed by atoms with Gasteiger partial charge in [-0.05, 0) is 43.2 Å². The van der Waals surface area contributed by atoms with Gasteiger partial charge >= 0.3 is 0 Å². The highest BCUT2D eigenvalue weighted by Gasteiger charge is 2.40. The van der Waals surface area contributed by atoms with Gasteiger partial charge in [0.2, 0.25) is 5.91 Å². The number of aliphatic hydroxyl groups is 2. The normalized spacial score (nSPS) is 22.1. The van der Waals surface area contributed by atoms with Gasteiger partial charge in [-0.2, -0.15) is 0 Å². The SMILES string of the molecule is Cc1ncsc1-c1ccc([C@H](C)NC(=O)[C@@H]2C[C@@H](O)CN2C(O)CC(C)(C)C)cc1. The van der Waals surface area contributed by atoms with E-state index in [9.17, 15) is 15.0 Å². The number of likely N-dealkylation sites (tertiary alicyclic amines) is 1. The molecule has 1 saturated heterocycles. The number of hydrogen-bond donors (Lipinski definition) is 3. The molecule has 30 heavy (non-hydrogen) atoms. The van der Waals surface area contributed by atoms with Crippen molar-refractivity contribution >= 4 is 17.2 Å². The predicted octanol–water partition coefficient (Wildman–Crippen LogP) is 3.49. The van der Waals surface area contributed by atoms with Crippen molar-refractivity contribution in [1.29, 1.82) is 0 Å². The van der Waals surface area contributed by atoms with Crippen molar-refractivity contribution in [2.75, 3.05) is 6.54 Å². The van der Waals surface area contributed by atoms with Crippen LogP contribution in [0.4, 0.5) is 0 Å². The highest BCUT2D eigenvalue weighted by atomic mass is 32.1. The number of aromatic nitrogens is 1. The molecule has 1 amide bonds. The Morgan fingerprint density at radius 2 is 2.00 bits per heavy atom. The maximum atomic E-state index is 13.0. The van der Waals surface area contributed by atoms with Crippen molar-refractivity contribution in [3.8, 4) is 10.4 Å². The molecule has 0 saturated carbocycles. The first-order valence-electron chi connectivity index (χ1n) is 10.5. The zero-order valence-electron chi connectivity index (χ0n) is 18.4. The fraction of sp³-hybridized carbons (Fsp3) is 0.565. The third-order valence-electron chi connectivity index (χ3n) is 5.57. The van der Waals surface area contributed by atoms with Gasteiger partial charge in [0, 0.05) is 6.54 Å². The Morgan fingerprint density at radius 1 is 1.33 bits per heavy atom. The molecule has 164 valence electrons. The fourth-order valence-corrected chi connectivity index (χ4v) is 4.80. The van der Waals surface area contributed by atoms with Crippen LogP contribution in [0, 0.1) is 12.3 Å². The lowest BCUT2D eigenvalue weighted by Crippen LogP contribution is -2.49. The number of nitrogens with zero attached hydrogens (tertiary/aromatic N) is 2. The molecule has 2 aromatic rings. The van der Waals surface area contributed by atoms with Crippen molar-refractivity contribution in [2.24, 2.45) is 5.41 Å². The maximum Gasteiger partial charge on any atom is 0.238 e. The Labute approximate surface area is 183 Å². The van der Waals surface area contributed by atoms with E-state index in [2.05, 4.69) is 43.2 Å². The van der Waals surface area contributed by atoms with Gasteiger partial charge in [-0.3, -0.25) is 9.69 Å². The lowest BCUT2D eigenvalue weighted by Gasteiger charge is -2.33. The molecule has 2 heterocycles. The van der Waals surface area contributed by atoms with Crippen molar-refractivity contribution in [2.45, 2.75) is 71.9 Å². The molecule has 0 bridgehead atoms. The maximum absolute atomic E-state index is 13.0.